The molecular formula is C36H36N4O2. The van der Waals surface area contributed by atoms with Crippen LogP contribution in [0, 0.1) is 6.33 Å². The standard InChI is InChI=1S/C36H36N4O2/c1-34(2,3)24-17-18-37-32(19-24)40-30-14-9-8-13-28(30)29-16-15-27(21-31(29)40)41-26-12-10-11-25(20-26)38-22-33-39(23-38)35(4,5)36(6,7)42-33/h8-22H,1-7H3. The predicted molar refractivity (Wildman–Crippen MR) is 166 cm³/mol. The predicted octanol–water partition coefficient (Wildman–Crippen LogP) is 8.05. The Morgan fingerprint density at radius 3 is 2.38 bits per heavy atom. The fourth-order valence-corrected chi connectivity index (χ4v) is 5.72. The second-order valence-electron chi connectivity index (χ2n) is 13.2. The van der Waals surface area contributed by atoms with Crippen molar-refractivity contribution in [1.29, 1.82) is 0 Å². The van der Waals surface area contributed by atoms with Crippen molar-refractivity contribution in [3.63, 3.8) is 0 Å². The zero-order valence-electron chi connectivity index (χ0n) is 25.3. The molecule has 0 N–H and O–H groups in total. The lowest BCUT2D eigenvalue weighted by molar-refractivity contribution is -0.749. The van der Waals surface area contributed by atoms with Crippen molar-refractivity contribution < 1.29 is 14.0 Å². The van der Waals surface area contributed by atoms with E-state index in [2.05, 4.69) is 112 Å². The minimum Gasteiger partial charge on any atom is -0.499 e. The molecule has 3 aromatic carbocycles. The topological polar surface area (TPSA) is 45.1 Å². The van der Waals surface area contributed by atoms with Crippen molar-refractivity contribution in [2.45, 2.75) is 65.0 Å². The van der Waals surface area contributed by atoms with Crippen LogP contribution < -0.4 is 14.0 Å². The molecule has 1 aliphatic rings. The summed E-state index contributed by atoms with van der Waals surface area (Å²) in [6.45, 7) is 15.3. The Morgan fingerprint density at radius 1 is 0.833 bits per heavy atom. The number of para-hydroxylation sites is 1. The molecule has 0 unspecified atom stereocenters. The molecule has 6 nitrogen and oxygen atoms in total. The maximum Gasteiger partial charge on any atom is 0.246 e. The highest BCUT2D eigenvalue weighted by molar-refractivity contribution is 6.09. The molecule has 212 valence electrons. The largest absolute Gasteiger partial charge is 0.499 e. The van der Waals surface area contributed by atoms with Crippen LogP contribution in [0.1, 0.15) is 54.0 Å². The first-order valence-electron chi connectivity index (χ1n) is 14.5. The van der Waals surface area contributed by atoms with Gasteiger partial charge in [-0.05, 0) is 81.1 Å². The third kappa shape index (κ3) is 4.08. The van der Waals surface area contributed by atoms with Crippen LogP contribution in [0.25, 0.3) is 33.3 Å². The number of rotatable bonds is 4. The molecule has 0 atom stereocenters. The van der Waals surface area contributed by atoms with Crippen LogP contribution in [0.15, 0.2) is 91.3 Å². The van der Waals surface area contributed by atoms with Gasteiger partial charge in [-0.25, -0.2) is 4.98 Å². The first kappa shape index (κ1) is 26.3. The van der Waals surface area contributed by atoms with E-state index in [9.17, 15) is 0 Å². The average Bonchev–Trinajstić information content (AvgIpc) is 3.56. The molecule has 0 radical (unpaired) electrons. The molecule has 4 heterocycles. The highest BCUT2D eigenvalue weighted by Crippen LogP contribution is 2.38. The molecule has 3 aromatic heterocycles. The summed E-state index contributed by atoms with van der Waals surface area (Å²) in [7, 11) is 0. The number of pyridine rings is 1. The summed E-state index contributed by atoms with van der Waals surface area (Å²) in [6, 6.07) is 27.1. The highest BCUT2D eigenvalue weighted by atomic mass is 16.5. The second kappa shape index (κ2) is 8.96. The van der Waals surface area contributed by atoms with Crippen LogP contribution in [-0.2, 0) is 11.0 Å². The molecule has 6 heteroatoms. The van der Waals surface area contributed by atoms with Gasteiger partial charge in [-0.2, -0.15) is 0 Å². The molecule has 1 aliphatic heterocycles. The SMILES string of the molecule is CC(C)(C)c1ccnc(-n2c3ccccc3c3ccc(Oc4cccc(-n5[c-][n+]6c(c5)OC(C)(C)C6(C)C)c4)cc32)c1. The summed E-state index contributed by atoms with van der Waals surface area (Å²) in [4.78, 5) is 4.80. The Bertz CT molecular complexity index is 1990. The number of hydrogen-bond acceptors (Lipinski definition) is 3. The summed E-state index contributed by atoms with van der Waals surface area (Å²) in [5.74, 6) is 3.21. The molecule has 0 bridgehead atoms. The minimum atomic E-state index is -0.312. The van der Waals surface area contributed by atoms with Gasteiger partial charge in [-0.1, -0.05) is 51.1 Å². The molecule has 0 fully saturated rings. The third-order valence-electron chi connectivity index (χ3n) is 8.88. The van der Waals surface area contributed by atoms with Crippen molar-refractivity contribution >= 4 is 21.8 Å². The van der Waals surface area contributed by atoms with Crippen LogP contribution in [0.3, 0.4) is 0 Å². The Hall–Kier alpha value is -4.58. The zero-order chi connectivity index (χ0) is 29.4. The second-order valence-corrected chi connectivity index (χ2v) is 13.2. The normalized spacial score (nSPS) is 15.6. The van der Waals surface area contributed by atoms with Crippen LogP contribution in [0.5, 0.6) is 17.4 Å². The lowest BCUT2D eigenvalue weighted by atomic mass is 9.87. The summed E-state index contributed by atoms with van der Waals surface area (Å²) in [6.07, 6.45) is 7.36. The number of hydrogen-bond donors (Lipinski definition) is 0. The van der Waals surface area contributed by atoms with Crippen LogP contribution in [0.4, 0.5) is 0 Å². The van der Waals surface area contributed by atoms with Gasteiger partial charge in [0.25, 0.3) is 0 Å². The van der Waals surface area contributed by atoms with E-state index in [1.165, 1.54) is 10.9 Å². The Labute approximate surface area is 246 Å². The van der Waals surface area contributed by atoms with Crippen molar-refractivity contribution in [2.75, 3.05) is 0 Å². The average molecular weight is 557 g/mol. The number of nitrogens with zero attached hydrogens (tertiary/aromatic N) is 4. The summed E-state index contributed by atoms with van der Waals surface area (Å²) in [5, 5.41) is 2.35. The van der Waals surface area contributed by atoms with E-state index in [1.807, 2.05) is 47.3 Å². The first-order chi connectivity index (χ1) is 19.9. The molecule has 6 aromatic rings. The van der Waals surface area contributed by atoms with Gasteiger partial charge in [0, 0.05) is 23.0 Å². The number of ether oxygens (including phenoxy) is 2. The number of benzene rings is 3. The molecule has 7 rings (SSSR count). The molecule has 0 saturated heterocycles. The van der Waals surface area contributed by atoms with E-state index in [4.69, 9.17) is 14.5 Å². The van der Waals surface area contributed by atoms with Gasteiger partial charge < -0.3 is 14.0 Å². The third-order valence-corrected chi connectivity index (χ3v) is 8.88. The van der Waals surface area contributed by atoms with Crippen molar-refractivity contribution in [3.05, 3.63) is 103 Å². The molecule has 0 aliphatic carbocycles. The van der Waals surface area contributed by atoms with Gasteiger partial charge in [-0.3, -0.25) is 9.13 Å². The van der Waals surface area contributed by atoms with E-state index in [0.29, 0.717) is 0 Å². The number of aromatic nitrogens is 4. The summed E-state index contributed by atoms with van der Waals surface area (Å²) in [5.41, 5.74) is 3.84. The fraction of sp³-hybridized carbons (Fsp3) is 0.278. The van der Waals surface area contributed by atoms with E-state index in [1.54, 1.807) is 0 Å². The maximum absolute atomic E-state index is 6.47. The molecule has 42 heavy (non-hydrogen) atoms. The monoisotopic (exact) mass is 556 g/mol. The van der Waals surface area contributed by atoms with Crippen molar-refractivity contribution in [1.82, 2.24) is 14.1 Å². The molecular weight excluding hydrogens is 520 g/mol. The fourth-order valence-electron chi connectivity index (χ4n) is 5.72. The lowest BCUT2D eigenvalue weighted by Crippen LogP contribution is -2.58. The van der Waals surface area contributed by atoms with Gasteiger partial charge in [-0.15, -0.1) is 0 Å². The Balaban J connectivity index is 1.27. The Kier molecular flexibility index (Phi) is 5.62. The Morgan fingerprint density at radius 2 is 1.60 bits per heavy atom. The van der Waals surface area contributed by atoms with Crippen LogP contribution in [-0.4, -0.2) is 19.7 Å². The van der Waals surface area contributed by atoms with Gasteiger partial charge in [0.1, 0.15) is 28.5 Å². The lowest BCUT2D eigenvalue weighted by Gasteiger charge is -2.31. The zero-order valence-corrected chi connectivity index (χ0v) is 25.3. The molecule has 0 spiro atoms. The summed E-state index contributed by atoms with van der Waals surface area (Å²) < 4.78 is 19.0. The van der Waals surface area contributed by atoms with E-state index >= 15 is 0 Å². The van der Waals surface area contributed by atoms with E-state index in [-0.39, 0.29) is 16.6 Å². The smallest absolute Gasteiger partial charge is 0.246 e. The summed E-state index contributed by atoms with van der Waals surface area (Å²) >= 11 is 0. The maximum atomic E-state index is 6.47. The highest BCUT2D eigenvalue weighted by Gasteiger charge is 2.50. The first-order valence-corrected chi connectivity index (χ1v) is 14.5. The van der Waals surface area contributed by atoms with Gasteiger partial charge in [0.05, 0.1) is 22.9 Å². The number of fused-ring (bicyclic) bond motifs is 4. The van der Waals surface area contributed by atoms with Gasteiger partial charge in [0.2, 0.25) is 12.2 Å². The molecule has 0 amide bonds. The van der Waals surface area contributed by atoms with Gasteiger partial charge in [0.15, 0.2) is 0 Å². The minimum absolute atomic E-state index is 0.0175. The van der Waals surface area contributed by atoms with E-state index < -0.39 is 0 Å². The van der Waals surface area contributed by atoms with Crippen molar-refractivity contribution in [2.24, 2.45) is 0 Å². The van der Waals surface area contributed by atoms with E-state index in [0.717, 1.165) is 45.3 Å². The number of imidazole rings is 1. The molecule has 0 saturated carbocycles. The quantitative estimate of drug-likeness (QED) is 0.163. The van der Waals surface area contributed by atoms with Crippen molar-refractivity contribution in [3.8, 4) is 28.9 Å². The van der Waals surface area contributed by atoms with Gasteiger partial charge >= 0.3 is 0 Å². The van der Waals surface area contributed by atoms with Crippen LogP contribution >= 0.6 is 0 Å². The van der Waals surface area contributed by atoms with Crippen LogP contribution in [0.2, 0.25) is 0 Å².